The number of nitrogens with one attached hydrogen (secondary N) is 2. The highest BCUT2D eigenvalue weighted by molar-refractivity contribution is 5.94. The van der Waals surface area contributed by atoms with Crippen LogP contribution in [0.4, 0.5) is 5.69 Å². The Morgan fingerprint density at radius 3 is 2.75 bits per heavy atom. The van der Waals surface area contributed by atoms with E-state index < -0.39 is 0 Å². The average molecular weight is 278 g/mol. The first-order chi connectivity index (χ1) is 9.63. The molecular formula is C15H26N4O. The summed E-state index contributed by atoms with van der Waals surface area (Å²) in [6.07, 6.45) is 6.48. The van der Waals surface area contributed by atoms with Crippen molar-refractivity contribution < 1.29 is 4.79 Å². The Morgan fingerprint density at radius 1 is 1.25 bits per heavy atom. The third kappa shape index (κ3) is 6.52. The summed E-state index contributed by atoms with van der Waals surface area (Å²) in [5.41, 5.74) is 1.51. The van der Waals surface area contributed by atoms with E-state index in [9.17, 15) is 4.79 Å². The van der Waals surface area contributed by atoms with Crippen molar-refractivity contribution in [1.29, 1.82) is 0 Å². The number of carbonyl (C=O) groups is 1. The van der Waals surface area contributed by atoms with Gasteiger partial charge >= 0.3 is 0 Å². The molecule has 5 nitrogen and oxygen atoms in total. The number of amides is 1. The number of rotatable bonds is 9. The van der Waals surface area contributed by atoms with Crippen LogP contribution in [-0.4, -0.2) is 49.5 Å². The number of pyridine rings is 1. The zero-order chi connectivity index (χ0) is 14.8. The van der Waals surface area contributed by atoms with E-state index in [4.69, 9.17) is 0 Å². The molecule has 1 rings (SSSR count). The van der Waals surface area contributed by atoms with Gasteiger partial charge in [-0.05, 0) is 39.5 Å². The minimum atomic E-state index is -0.0529. The fourth-order valence-corrected chi connectivity index (χ4v) is 1.77. The topological polar surface area (TPSA) is 57.3 Å². The van der Waals surface area contributed by atoms with Gasteiger partial charge in [0, 0.05) is 25.5 Å². The number of carbonyl (C=O) groups excluding carboxylic acids is 1. The first kappa shape index (κ1) is 16.4. The Hall–Kier alpha value is -1.62. The van der Waals surface area contributed by atoms with E-state index >= 15 is 0 Å². The highest BCUT2D eigenvalue weighted by Gasteiger charge is 2.05. The lowest BCUT2D eigenvalue weighted by atomic mass is 10.2. The van der Waals surface area contributed by atoms with E-state index in [0.717, 1.165) is 44.6 Å². The molecule has 1 aromatic rings. The number of aromatic nitrogens is 1. The standard InChI is InChI=1S/C15H26N4O/c1-4-5-7-18-15(20)13-10-14(12-16-11-13)17-8-6-9-19(2)3/h10-12,17H,4-9H2,1-3H3,(H,18,20). The summed E-state index contributed by atoms with van der Waals surface area (Å²) < 4.78 is 0. The van der Waals surface area contributed by atoms with Crippen LogP contribution in [-0.2, 0) is 0 Å². The minimum absolute atomic E-state index is 0.0529. The Labute approximate surface area is 121 Å². The molecule has 1 amide bonds. The number of hydrogen-bond acceptors (Lipinski definition) is 4. The van der Waals surface area contributed by atoms with Gasteiger partial charge in [-0.25, -0.2) is 0 Å². The summed E-state index contributed by atoms with van der Waals surface area (Å²) in [5, 5.41) is 6.19. The minimum Gasteiger partial charge on any atom is -0.384 e. The van der Waals surface area contributed by atoms with E-state index in [1.165, 1.54) is 0 Å². The van der Waals surface area contributed by atoms with Crippen LogP contribution < -0.4 is 10.6 Å². The molecule has 2 N–H and O–H groups in total. The van der Waals surface area contributed by atoms with Gasteiger partial charge in [-0.2, -0.15) is 0 Å². The van der Waals surface area contributed by atoms with Crippen LogP contribution in [0.25, 0.3) is 0 Å². The van der Waals surface area contributed by atoms with Gasteiger partial charge in [-0.1, -0.05) is 13.3 Å². The zero-order valence-corrected chi connectivity index (χ0v) is 12.8. The molecule has 112 valence electrons. The predicted octanol–water partition coefficient (Wildman–Crippen LogP) is 1.98. The molecule has 0 radical (unpaired) electrons. The van der Waals surface area contributed by atoms with E-state index in [1.807, 2.05) is 6.07 Å². The van der Waals surface area contributed by atoms with Crippen LogP contribution in [0, 0.1) is 0 Å². The molecule has 0 saturated carbocycles. The predicted molar refractivity (Wildman–Crippen MR) is 83.1 cm³/mol. The lowest BCUT2D eigenvalue weighted by molar-refractivity contribution is 0.0953. The average Bonchev–Trinajstić information content (AvgIpc) is 2.44. The molecule has 1 aromatic heterocycles. The molecule has 0 atom stereocenters. The molecule has 0 aliphatic carbocycles. The van der Waals surface area contributed by atoms with E-state index in [2.05, 4.69) is 41.5 Å². The Balaban J connectivity index is 2.42. The smallest absolute Gasteiger partial charge is 0.252 e. The second-order valence-corrected chi connectivity index (χ2v) is 5.16. The normalized spacial score (nSPS) is 10.6. The van der Waals surface area contributed by atoms with Gasteiger partial charge in [-0.15, -0.1) is 0 Å². The molecule has 0 unspecified atom stereocenters. The molecule has 1 heterocycles. The van der Waals surface area contributed by atoms with Gasteiger partial charge in [0.2, 0.25) is 0 Å². The molecule has 0 fully saturated rings. The van der Waals surface area contributed by atoms with Crippen molar-refractivity contribution in [3.05, 3.63) is 24.0 Å². The third-order valence-corrected chi connectivity index (χ3v) is 2.93. The zero-order valence-electron chi connectivity index (χ0n) is 12.8. The monoisotopic (exact) mass is 278 g/mol. The number of nitrogens with zero attached hydrogens (tertiary/aromatic N) is 2. The molecule has 0 saturated heterocycles. The largest absolute Gasteiger partial charge is 0.384 e. The van der Waals surface area contributed by atoms with Gasteiger partial charge in [0.05, 0.1) is 11.3 Å². The fourth-order valence-electron chi connectivity index (χ4n) is 1.77. The lowest BCUT2D eigenvalue weighted by Gasteiger charge is -2.11. The molecule has 0 spiro atoms. The van der Waals surface area contributed by atoms with Crippen molar-refractivity contribution in [2.24, 2.45) is 0 Å². The second-order valence-electron chi connectivity index (χ2n) is 5.16. The number of hydrogen-bond donors (Lipinski definition) is 2. The van der Waals surface area contributed by atoms with E-state index in [1.54, 1.807) is 12.4 Å². The summed E-state index contributed by atoms with van der Waals surface area (Å²) in [4.78, 5) is 18.2. The molecule has 0 aromatic carbocycles. The molecule has 0 bridgehead atoms. The van der Waals surface area contributed by atoms with Gasteiger partial charge in [0.25, 0.3) is 5.91 Å². The Morgan fingerprint density at radius 2 is 2.05 bits per heavy atom. The maximum Gasteiger partial charge on any atom is 0.252 e. The first-order valence-electron chi connectivity index (χ1n) is 7.25. The first-order valence-corrected chi connectivity index (χ1v) is 7.25. The van der Waals surface area contributed by atoms with Crippen LogP contribution in [0.2, 0.25) is 0 Å². The molecule has 5 heteroatoms. The highest BCUT2D eigenvalue weighted by atomic mass is 16.1. The van der Waals surface area contributed by atoms with Gasteiger partial charge in [0.1, 0.15) is 0 Å². The summed E-state index contributed by atoms with van der Waals surface area (Å²) in [6.45, 7) is 4.74. The summed E-state index contributed by atoms with van der Waals surface area (Å²) >= 11 is 0. The number of unbranched alkanes of at least 4 members (excludes halogenated alkanes) is 1. The maximum atomic E-state index is 11.9. The van der Waals surface area contributed by atoms with Crippen molar-refractivity contribution in [2.45, 2.75) is 26.2 Å². The van der Waals surface area contributed by atoms with Gasteiger partial charge in [0.15, 0.2) is 0 Å². The van der Waals surface area contributed by atoms with E-state index in [0.29, 0.717) is 5.56 Å². The summed E-state index contributed by atoms with van der Waals surface area (Å²) in [5.74, 6) is -0.0529. The Kier molecular flexibility index (Phi) is 7.65. The highest BCUT2D eigenvalue weighted by Crippen LogP contribution is 2.08. The SMILES string of the molecule is CCCCNC(=O)c1cncc(NCCCN(C)C)c1. The van der Waals surface area contributed by atoms with Crippen LogP contribution in [0.15, 0.2) is 18.5 Å². The van der Waals surface area contributed by atoms with Crippen molar-refractivity contribution in [2.75, 3.05) is 39.0 Å². The van der Waals surface area contributed by atoms with Crippen molar-refractivity contribution >= 4 is 11.6 Å². The molecule has 20 heavy (non-hydrogen) atoms. The van der Waals surface area contributed by atoms with Crippen LogP contribution in [0.1, 0.15) is 36.5 Å². The van der Waals surface area contributed by atoms with Gasteiger partial charge in [-0.3, -0.25) is 9.78 Å². The third-order valence-electron chi connectivity index (χ3n) is 2.93. The number of anilines is 1. The lowest BCUT2D eigenvalue weighted by Crippen LogP contribution is -2.24. The van der Waals surface area contributed by atoms with Crippen molar-refractivity contribution in [1.82, 2.24) is 15.2 Å². The van der Waals surface area contributed by atoms with Crippen LogP contribution in [0.3, 0.4) is 0 Å². The fraction of sp³-hybridized carbons (Fsp3) is 0.600. The summed E-state index contributed by atoms with van der Waals surface area (Å²) in [6, 6.07) is 1.85. The molecular weight excluding hydrogens is 252 g/mol. The van der Waals surface area contributed by atoms with Crippen LogP contribution >= 0.6 is 0 Å². The second kappa shape index (κ2) is 9.31. The summed E-state index contributed by atoms with van der Waals surface area (Å²) in [7, 11) is 4.12. The van der Waals surface area contributed by atoms with Crippen LogP contribution in [0.5, 0.6) is 0 Å². The quantitative estimate of drug-likeness (QED) is 0.678. The van der Waals surface area contributed by atoms with Crippen molar-refractivity contribution in [3.8, 4) is 0 Å². The van der Waals surface area contributed by atoms with E-state index in [-0.39, 0.29) is 5.91 Å². The Bertz CT molecular complexity index is 407. The maximum absolute atomic E-state index is 11.9. The molecule has 0 aliphatic heterocycles. The van der Waals surface area contributed by atoms with Gasteiger partial charge < -0.3 is 15.5 Å². The molecule has 0 aliphatic rings. The van der Waals surface area contributed by atoms with Crippen molar-refractivity contribution in [3.63, 3.8) is 0 Å².